The van der Waals surface area contributed by atoms with Gasteiger partial charge in [-0.25, -0.2) is 14.8 Å². The molecule has 7 amide bonds. The maximum Gasteiger partial charge on any atom is 0.336 e. The predicted octanol–water partition coefficient (Wildman–Crippen LogP) is 1.94. The number of hydrogen-bond acceptors (Lipinski definition) is 12. The number of aromatic nitrogens is 4. The van der Waals surface area contributed by atoms with Crippen LogP contribution >= 0.6 is 7.60 Å². The number of H-pyrrole nitrogens is 3. The third kappa shape index (κ3) is 14.8. The number of amides is 7. The van der Waals surface area contributed by atoms with E-state index >= 15 is 0 Å². The number of nitrogens with one attached hydrogen (secondary N) is 8. The minimum absolute atomic E-state index is 0.0129. The fourth-order valence-electron chi connectivity index (χ4n) is 7.97. The summed E-state index contributed by atoms with van der Waals surface area (Å²) in [4.78, 5) is 97.5. The van der Waals surface area contributed by atoms with E-state index in [2.05, 4.69) is 46.6 Å². The Kier molecular flexibility index (Phi) is 19.0. The van der Waals surface area contributed by atoms with Crippen LogP contribution in [-0.2, 0) is 63.3 Å². The second-order valence-electron chi connectivity index (χ2n) is 16.9. The lowest BCUT2D eigenvalue weighted by molar-refractivity contribution is -0.132. The number of para-hydroxylation sites is 2. The van der Waals surface area contributed by atoms with E-state index in [4.69, 9.17) is 26.2 Å². The molecule has 0 aliphatic carbocycles. The molecule has 0 bridgehead atoms. The highest BCUT2D eigenvalue weighted by Gasteiger charge is 2.34. The number of rotatable bonds is 26. The standard InChI is InChI=1S/C48H62N13O9P/c1-69-71(68,70-2)21-20-61(60-47(66)42(24-32-27-54-38-17-9-7-15-35(32)38)57-44(63)36(50)25-33-28-52-29-55-33)48(67)59-41(23-31-26-53-37-16-8-6-14-34(31)37)46(65)58-40(22-30-12-4-3-5-13-30)45(64)56-39(43(51)62)18-10-11-19-49/h3-9,12-17,26-29,36,39-42,53-54H,10-11,18-25,49-50H2,1-2H3,(H2,51,62)(H,52,55)(H,56,64)(H,57,63)(H,58,65)(H,59,67)(H,60,66)/t36-,39-,40+,41-,42+/m0/s1. The molecule has 3 heterocycles. The lowest BCUT2D eigenvalue weighted by atomic mass is 10.0. The number of hydrogen-bond donors (Lipinski definition) is 11. The van der Waals surface area contributed by atoms with Gasteiger partial charge in [0.15, 0.2) is 0 Å². The Balaban J connectivity index is 1.32. The summed E-state index contributed by atoms with van der Waals surface area (Å²) in [5.41, 5.74) is 24.3. The minimum atomic E-state index is -3.84. The summed E-state index contributed by atoms with van der Waals surface area (Å²) in [6.07, 6.45) is 7.10. The molecule has 6 rings (SSSR count). The first-order chi connectivity index (χ1) is 34.2. The molecule has 0 radical (unpaired) electrons. The van der Waals surface area contributed by atoms with Crippen LogP contribution in [0.5, 0.6) is 0 Å². The molecule has 0 fully saturated rings. The van der Waals surface area contributed by atoms with Crippen molar-refractivity contribution in [3.8, 4) is 0 Å². The normalized spacial score (nSPS) is 13.6. The SMILES string of the molecule is COP(=O)(CCN(NC(=O)[C@@H](Cc1c[nH]c2ccccc12)NC(=O)[C@@H](N)Cc1cnc[nH]1)C(=O)N[C@@H](Cc1c[nH]c2ccccc12)C(=O)N[C@H](Cc1ccccc1)C(=O)N[C@@H](CCCCN)C(N)=O)OC. The molecule has 0 saturated carbocycles. The molecule has 0 aliphatic rings. The van der Waals surface area contributed by atoms with Gasteiger partial charge in [0.05, 0.1) is 25.1 Å². The van der Waals surface area contributed by atoms with Crippen LogP contribution < -0.4 is 43.9 Å². The summed E-state index contributed by atoms with van der Waals surface area (Å²) in [5.74, 6) is -3.82. The van der Waals surface area contributed by atoms with Gasteiger partial charge in [0.2, 0.25) is 23.6 Å². The third-order valence-corrected chi connectivity index (χ3v) is 13.8. The molecule has 5 atom stereocenters. The average Bonchev–Trinajstić information content (AvgIpc) is 4.15. The number of unbranched alkanes of at least 4 members (excludes halogenated alkanes) is 1. The maximum atomic E-state index is 14.7. The zero-order chi connectivity index (χ0) is 50.9. The number of hydrazine groups is 1. The van der Waals surface area contributed by atoms with E-state index < -0.39 is 86.1 Å². The van der Waals surface area contributed by atoms with E-state index in [1.54, 1.807) is 42.7 Å². The van der Waals surface area contributed by atoms with Crippen LogP contribution in [0.25, 0.3) is 21.8 Å². The highest BCUT2D eigenvalue weighted by molar-refractivity contribution is 7.53. The predicted molar refractivity (Wildman–Crippen MR) is 266 cm³/mol. The van der Waals surface area contributed by atoms with Crippen molar-refractivity contribution in [3.05, 3.63) is 126 Å². The number of carbonyl (C=O) groups excluding carboxylic acids is 6. The van der Waals surface area contributed by atoms with E-state index in [1.807, 2.05) is 48.5 Å². The first-order valence-corrected chi connectivity index (χ1v) is 24.8. The average molecular weight is 996 g/mol. The van der Waals surface area contributed by atoms with Crippen LogP contribution in [0, 0.1) is 0 Å². The fourth-order valence-corrected chi connectivity index (χ4v) is 8.93. The summed E-state index contributed by atoms with van der Waals surface area (Å²) in [6, 6.07) is 16.3. The Labute approximate surface area is 409 Å². The van der Waals surface area contributed by atoms with E-state index in [0.29, 0.717) is 41.8 Å². The summed E-state index contributed by atoms with van der Waals surface area (Å²) in [6.45, 7) is -0.109. The van der Waals surface area contributed by atoms with Gasteiger partial charge in [-0.15, -0.1) is 0 Å². The van der Waals surface area contributed by atoms with Gasteiger partial charge in [-0.3, -0.25) is 34.0 Å². The lowest BCUT2D eigenvalue weighted by Crippen LogP contribution is -2.62. The number of urea groups is 1. The van der Waals surface area contributed by atoms with Gasteiger partial charge in [0.25, 0.3) is 5.91 Å². The highest BCUT2D eigenvalue weighted by atomic mass is 31.2. The molecular weight excluding hydrogens is 934 g/mol. The van der Waals surface area contributed by atoms with Crippen LogP contribution in [0.4, 0.5) is 4.79 Å². The van der Waals surface area contributed by atoms with Gasteiger partial charge in [0.1, 0.15) is 24.2 Å². The van der Waals surface area contributed by atoms with Crippen LogP contribution in [0.3, 0.4) is 0 Å². The quantitative estimate of drug-likeness (QED) is 0.0211. The number of fused-ring (bicyclic) bond motifs is 2. The summed E-state index contributed by atoms with van der Waals surface area (Å²) in [5, 5.41) is 13.3. The number of imidazole rings is 1. The van der Waals surface area contributed by atoms with Crippen LogP contribution in [-0.4, -0.2) is 124 Å². The Morgan fingerprint density at radius 3 is 1.79 bits per heavy atom. The fraction of sp³-hybridized carbons (Fsp3) is 0.354. The van der Waals surface area contributed by atoms with Gasteiger partial charge in [-0.1, -0.05) is 66.7 Å². The van der Waals surface area contributed by atoms with Crippen LogP contribution in [0.2, 0.25) is 0 Å². The van der Waals surface area contributed by atoms with E-state index in [0.717, 1.165) is 26.8 Å². The van der Waals surface area contributed by atoms with Crippen molar-refractivity contribution in [2.75, 3.05) is 33.5 Å². The number of aromatic amines is 3. The first kappa shape index (κ1) is 53.0. The van der Waals surface area contributed by atoms with Crippen LogP contribution in [0.1, 0.15) is 41.6 Å². The highest BCUT2D eigenvalue weighted by Crippen LogP contribution is 2.45. The zero-order valence-electron chi connectivity index (χ0n) is 39.5. The number of nitrogens with two attached hydrogens (primary N) is 3. The van der Waals surface area contributed by atoms with Crippen molar-refractivity contribution in [2.45, 2.75) is 75.2 Å². The molecule has 23 heteroatoms. The Hall–Kier alpha value is -7.36. The molecular formula is C48H62N13O9P. The Bertz CT molecular complexity index is 2780. The lowest BCUT2D eigenvalue weighted by Gasteiger charge is -2.30. The van der Waals surface area contributed by atoms with Gasteiger partial charge < -0.3 is 62.5 Å². The molecule has 0 saturated heterocycles. The van der Waals surface area contributed by atoms with E-state index in [9.17, 15) is 33.3 Å². The van der Waals surface area contributed by atoms with Gasteiger partial charge >= 0.3 is 13.6 Å². The second kappa shape index (κ2) is 25.5. The molecule has 0 aliphatic heterocycles. The molecule has 3 aromatic heterocycles. The van der Waals surface area contributed by atoms with Gasteiger partial charge in [0, 0.05) is 86.0 Å². The van der Waals surface area contributed by atoms with Crippen molar-refractivity contribution in [2.24, 2.45) is 17.2 Å². The van der Waals surface area contributed by atoms with Gasteiger partial charge in [-0.05, 0) is 54.6 Å². The van der Waals surface area contributed by atoms with E-state index in [-0.39, 0.29) is 32.1 Å². The third-order valence-electron chi connectivity index (χ3n) is 11.9. The maximum absolute atomic E-state index is 14.7. The number of primary amides is 1. The molecule has 71 heavy (non-hydrogen) atoms. The molecule has 22 nitrogen and oxygen atoms in total. The summed E-state index contributed by atoms with van der Waals surface area (Å²) in [7, 11) is -1.50. The van der Waals surface area contributed by atoms with E-state index in [1.165, 1.54) is 26.7 Å². The largest absolute Gasteiger partial charge is 0.368 e. The topological polar surface area (TPSA) is 340 Å². The van der Waals surface area contributed by atoms with Crippen molar-refractivity contribution < 1.29 is 42.4 Å². The van der Waals surface area contributed by atoms with Crippen molar-refractivity contribution in [1.29, 1.82) is 0 Å². The molecule has 6 aromatic rings. The van der Waals surface area contributed by atoms with Crippen LogP contribution in [0.15, 0.2) is 104 Å². The second-order valence-corrected chi connectivity index (χ2v) is 19.3. The molecule has 0 unspecified atom stereocenters. The Morgan fingerprint density at radius 1 is 0.676 bits per heavy atom. The van der Waals surface area contributed by atoms with Crippen molar-refractivity contribution >= 4 is 65.0 Å². The van der Waals surface area contributed by atoms with Crippen molar-refractivity contribution in [3.63, 3.8) is 0 Å². The molecule has 378 valence electrons. The smallest absolute Gasteiger partial charge is 0.336 e. The monoisotopic (exact) mass is 995 g/mol. The minimum Gasteiger partial charge on any atom is -0.368 e. The molecule has 3 aromatic carbocycles. The van der Waals surface area contributed by atoms with Gasteiger partial charge in [-0.2, -0.15) is 0 Å². The van der Waals surface area contributed by atoms with Crippen molar-refractivity contribution in [1.82, 2.24) is 51.6 Å². The Morgan fingerprint density at radius 2 is 1.23 bits per heavy atom. The number of benzene rings is 3. The summed E-state index contributed by atoms with van der Waals surface area (Å²) >= 11 is 0. The summed E-state index contributed by atoms with van der Waals surface area (Å²) < 4.78 is 23.8. The number of carbonyl (C=O) groups is 6. The number of nitrogens with zero attached hydrogens (tertiary/aromatic N) is 2. The molecule has 0 spiro atoms. The molecule has 14 N–H and O–H groups in total. The zero-order valence-corrected chi connectivity index (χ0v) is 40.4. The first-order valence-electron chi connectivity index (χ1n) is 23.1.